The Kier molecular flexibility index (Phi) is 2.55. The van der Waals surface area contributed by atoms with Crippen molar-refractivity contribution in [2.24, 2.45) is 0 Å². The zero-order valence-electron chi connectivity index (χ0n) is 8.44. The monoisotopic (exact) mass is 238 g/mol. The molecule has 1 aromatic carbocycles. The van der Waals surface area contributed by atoms with Crippen LogP contribution >= 0.6 is 0 Å². The largest absolute Gasteiger partial charge is 0.481 e. The average molecular weight is 238 g/mol. The number of benzene rings is 1. The van der Waals surface area contributed by atoms with Gasteiger partial charge in [-0.15, -0.1) is 0 Å². The molecule has 0 saturated heterocycles. The standard InChI is InChI=1S/C11H7FO5/c12-6-2-1-3-7-9(6)5(4-8(13)14)10(17-7)11(15)16/h1-3H,4H2,(H,13,14)(H,15,16). The van der Waals surface area contributed by atoms with Crippen LogP contribution in [0.2, 0.25) is 0 Å². The van der Waals surface area contributed by atoms with E-state index in [4.69, 9.17) is 14.6 Å². The Balaban J connectivity index is 2.77. The molecular formula is C11H7FO5. The fourth-order valence-electron chi connectivity index (χ4n) is 1.66. The molecule has 0 amide bonds. The summed E-state index contributed by atoms with van der Waals surface area (Å²) in [5.41, 5.74) is -0.128. The van der Waals surface area contributed by atoms with Gasteiger partial charge in [0.05, 0.1) is 11.8 Å². The van der Waals surface area contributed by atoms with Gasteiger partial charge < -0.3 is 14.6 Å². The number of carbonyl (C=O) groups is 2. The number of rotatable bonds is 3. The lowest BCUT2D eigenvalue weighted by atomic mass is 10.1. The highest BCUT2D eigenvalue weighted by molar-refractivity contribution is 5.97. The molecule has 0 aliphatic heterocycles. The highest BCUT2D eigenvalue weighted by atomic mass is 19.1. The van der Waals surface area contributed by atoms with Crippen molar-refractivity contribution in [1.29, 1.82) is 0 Å². The number of aromatic carboxylic acids is 1. The molecule has 0 atom stereocenters. The zero-order chi connectivity index (χ0) is 12.6. The Labute approximate surface area is 94.1 Å². The third kappa shape index (κ3) is 1.84. The van der Waals surface area contributed by atoms with Crippen LogP contribution in [0.4, 0.5) is 4.39 Å². The van der Waals surface area contributed by atoms with Gasteiger partial charge in [-0.25, -0.2) is 9.18 Å². The van der Waals surface area contributed by atoms with Crippen molar-refractivity contribution >= 4 is 22.9 Å². The van der Waals surface area contributed by atoms with Gasteiger partial charge in [0.1, 0.15) is 11.4 Å². The van der Waals surface area contributed by atoms with E-state index in [0.29, 0.717) is 0 Å². The summed E-state index contributed by atoms with van der Waals surface area (Å²) in [6, 6.07) is 3.86. The molecule has 6 heteroatoms. The van der Waals surface area contributed by atoms with Crippen LogP contribution < -0.4 is 0 Å². The number of halogens is 1. The van der Waals surface area contributed by atoms with Gasteiger partial charge >= 0.3 is 11.9 Å². The van der Waals surface area contributed by atoms with E-state index < -0.39 is 29.9 Å². The Morgan fingerprint density at radius 1 is 1.29 bits per heavy atom. The van der Waals surface area contributed by atoms with Crippen LogP contribution in [0, 0.1) is 5.82 Å². The fraction of sp³-hybridized carbons (Fsp3) is 0.0909. The van der Waals surface area contributed by atoms with Gasteiger partial charge in [-0.2, -0.15) is 0 Å². The number of hydrogen-bond acceptors (Lipinski definition) is 3. The minimum absolute atomic E-state index is 0.0265. The summed E-state index contributed by atoms with van der Waals surface area (Å²) in [6.07, 6.45) is -0.602. The van der Waals surface area contributed by atoms with Crippen molar-refractivity contribution in [3.05, 3.63) is 35.3 Å². The highest BCUT2D eigenvalue weighted by Crippen LogP contribution is 2.28. The molecule has 0 saturated carbocycles. The molecule has 1 aromatic heterocycles. The van der Waals surface area contributed by atoms with Gasteiger partial charge in [0.15, 0.2) is 0 Å². The molecule has 0 fully saturated rings. The highest BCUT2D eigenvalue weighted by Gasteiger charge is 2.23. The second kappa shape index (κ2) is 3.89. The smallest absolute Gasteiger partial charge is 0.372 e. The summed E-state index contributed by atoms with van der Waals surface area (Å²) in [7, 11) is 0. The van der Waals surface area contributed by atoms with Crippen molar-refractivity contribution in [2.45, 2.75) is 6.42 Å². The summed E-state index contributed by atoms with van der Waals surface area (Å²) in [6.45, 7) is 0. The number of carboxylic acid groups (broad SMARTS) is 2. The van der Waals surface area contributed by atoms with E-state index in [2.05, 4.69) is 0 Å². The Bertz CT molecular complexity index is 614. The predicted octanol–water partition coefficient (Wildman–Crippen LogP) is 1.90. The molecule has 88 valence electrons. The van der Waals surface area contributed by atoms with Crippen molar-refractivity contribution in [3.8, 4) is 0 Å². The summed E-state index contributed by atoms with van der Waals surface area (Å²) in [5.74, 6) is -3.90. The van der Waals surface area contributed by atoms with E-state index in [0.717, 1.165) is 6.07 Å². The van der Waals surface area contributed by atoms with Gasteiger partial charge in [-0.3, -0.25) is 4.79 Å². The third-order valence-electron chi connectivity index (χ3n) is 2.29. The lowest BCUT2D eigenvalue weighted by Crippen LogP contribution is -2.05. The van der Waals surface area contributed by atoms with Gasteiger partial charge in [0.25, 0.3) is 0 Å². The summed E-state index contributed by atoms with van der Waals surface area (Å²) in [5, 5.41) is 17.5. The van der Waals surface area contributed by atoms with Crippen LogP contribution in [0.1, 0.15) is 16.1 Å². The summed E-state index contributed by atoms with van der Waals surface area (Å²) >= 11 is 0. The molecule has 17 heavy (non-hydrogen) atoms. The maximum Gasteiger partial charge on any atom is 0.372 e. The molecule has 2 rings (SSSR count). The zero-order valence-corrected chi connectivity index (χ0v) is 8.44. The van der Waals surface area contributed by atoms with Crippen molar-refractivity contribution in [2.75, 3.05) is 0 Å². The Hall–Kier alpha value is -2.37. The molecule has 0 spiro atoms. The second-order valence-corrected chi connectivity index (χ2v) is 3.40. The molecule has 0 bridgehead atoms. The van der Waals surface area contributed by atoms with Crippen molar-refractivity contribution in [1.82, 2.24) is 0 Å². The molecule has 0 radical (unpaired) electrons. The minimum atomic E-state index is -1.42. The number of hydrogen-bond donors (Lipinski definition) is 2. The van der Waals surface area contributed by atoms with Crippen molar-refractivity contribution < 1.29 is 28.6 Å². The Morgan fingerprint density at radius 2 is 2.00 bits per heavy atom. The first kappa shape index (κ1) is 11.1. The van der Waals surface area contributed by atoms with E-state index in [9.17, 15) is 14.0 Å². The number of aliphatic carboxylic acids is 1. The molecule has 2 aromatic rings. The van der Waals surface area contributed by atoms with Crippen LogP contribution in [0.3, 0.4) is 0 Å². The Morgan fingerprint density at radius 3 is 2.59 bits per heavy atom. The maximum atomic E-state index is 13.5. The summed E-state index contributed by atoms with van der Waals surface area (Å²) in [4.78, 5) is 21.5. The first-order chi connectivity index (χ1) is 8.00. The van der Waals surface area contributed by atoms with Crippen LogP contribution in [0.25, 0.3) is 11.0 Å². The molecular weight excluding hydrogens is 231 g/mol. The fourth-order valence-corrected chi connectivity index (χ4v) is 1.66. The molecule has 1 heterocycles. The molecule has 0 unspecified atom stereocenters. The third-order valence-corrected chi connectivity index (χ3v) is 2.29. The quantitative estimate of drug-likeness (QED) is 0.852. The van der Waals surface area contributed by atoms with Crippen LogP contribution in [-0.2, 0) is 11.2 Å². The van der Waals surface area contributed by atoms with Gasteiger partial charge in [0.2, 0.25) is 5.76 Å². The van der Waals surface area contributed by atoms with E-state index in [1.165, 1.54) is 12.1 Å². The second-order valence-electron chi connectivity index (χ2n) is 3.40. The molecule has 2 N–H and O–H groups in total. The number of fused-ring (bicyclic) bond motifs is 1. The van der Waals surface area contributed by atoms with E-state index in [1.54, 1.807) is 0 Å². The minimum Gasteiger partial charge on any atom is -0.481 e. The van der Waals surface area contributed by atoms with Crippen LogP contribution in [-0.4, -0.2) is 22.2 Å². The van der Waals surface area contributed by atoms with Gasteiger partial charge in [-0.1, -0.05) is 6.07 Å². The lowest BCUT2D eigenvalue weighted by molar-refractivity contribution is -0.136. The molecule has 5 nitrogen and oxygen atoms in total. The first-order valence-electron chi connectivity index (χ1n) is 4.65. The van der Waals surface area contributed by atoms with E-state index in [-0.39, 0.29) is 16.5 Å². The summed E-state index contributed by atoms with van der Waals surface area (Å²) < 4.78 is 18.5. The number of furan rings is 1. The molecule has 0 aliphatic rings. The lowest BCUT2D eigenvalue weighted by Gasteiger charge is -1.96. The SMILES string of the molecule is O=C(O)Cc1c(C(=O)O)oc2cccc(F)c12. The topological polar surface area (TPSA) is 87.7 Å². The van der Waals surface area contributed by atoms with Gasteiger partial charge in [-0.05, 0) is 12.1 Å². The van der Waals surface area contributed by atoms with Crippen LogP contribution in [0.15, 0.2) is 22.6 Å². The first-order valence-corrected chi connectivity index (χ1v) is 4.65. The van der Waals surface area contributed by atoms with E-state index >= 15 is 0 Å². The predicted molar refractivity (Wildman–Crippen MR) is 54.5 cm³/mol. The van der Waals surface area contributed by atoms with E-state index in [1.807, 2.05) is 0 Å². The number of carboxylic acids is 2. The van der Waals surface area contributed by atoms with Crippen LogP contribution in [0.5, 0.6) is 0 Å². The molecule has 0 aliphatic carbocycles. The van der Waals surface area contributed by atoms with Gasteiger partial charge in [0, 0.05) is 5.56 Å². The average Bonchev–Trinajstić information content (AvgIpc) is 2.57. The van der Waals surface area contributed by atoms with Crippen molar-refractivity contribution in [3.63, 3.8) is 0 Å². The maximum absolute atomic E-state index is 13.5. The normalized spacial score (nSPS) is 10.6.